The summed E-state index contributed by atoms with van der Waals surface area (Å²) in [6.45, 7) is 9.63. The number of hydrogen-bond donors (Lipinski definition) is 2. The number of amidine groups is 1. The van der Waals surface area contributed by atoms with Gasteiger partial charge < -0.3 is 21.0 Å². The molecule has 1 amide bonds. The van der Waals surface area contributed by atoms with E-state index in [1.165, 1.54) is 17.8 Å². The fourth-order valence-electron chi connectivity index (χ4n) is 2.65. The normalized spacial score (nSPS) is 17.8. The molecule has 1 aromatic carbocycles. The van der Waals surface area contributed by atoms with Gasteiger partial charge in [0.1, 0.15) is 11.2 Å². The second-order valence-corrected chi connectivity index (χ2v) is 9.21. The van der Waals surface area contributed by atoms with Crippen LogP contribution in [0.2, 0.25) is 0 Å². The summed E-state index contributed by atoms with van der Waals surface area (Å²) in [4.78, 5) is 32.8. The lowest BCUT2D eigenvalue weighted by molar-refractivity contribution is -0.407. The molecule has 7 nitrogen and oxygen atoms in total. The van der Waals surface area contributed by atoms with Crippen molar-refractivity contribution < 1.29 is 20.4 Å². The molecule has 0 saturated carbocycles. The summed E-state index contributed by atoms with van der Waals surface area (Å²) in [5, 5.41) is 14.9. The van der Waals surface area contributed by atoms with Gasteiger partial charge in [-0.2, -0.15) is 0 Å². The molecule has 0 spiro atoms. The highest BCUT2D eigenvalue weighted by molar-refractivity contribution is 7.98. The van der Waals surface area contributed by atoms with Crippen LogP contribution in [-0.2, 0) is 10.5 Å². The van der Waals surface area contributed by atoms with Gasteiger partial charge in [0.15, 0.2) is 5.84 Å². The summed E-state index contributed by atoms with van der Waals surface area (Å²) in [5.74, 6) is -0.789. The molecule has 2 aromatic rings. The highest BCUT2D eigenvalue weighted by Crippen LogP contribution is 2.28. The first-order valence-electron chi connectivity index (χ1n) is 10.2. The molecule has 166 valence electrons. The molecule has 1 unspecified atom stereocenters. The van der Waals surface area contributed by atoms with Crippen molar-refractivity contribution in [2.24, 2.45) is 10.9 Å². The Morgan fingerprint density at radius 3 is 2.29 bits per heavy atom. The number of carbonyl (C=O) groups excluding carboxylic acids is 2. The molecule has 1 aromatic heterocycles. The maximum atomic E-state index is 12.4. The number of rotatable bonds is 6. The number of hydrogen-bond acceptors (Lipinski definition) is 6. The first-order valence-corrected chi connectivity index (χ1v) is 11.2. The van der Waals surface area contributed by atoms with Crippen molar-refractivity contribution in [3.05, 3.63) is 59.3 Å². The second-order valence-electron chi connectivity index (χ2n) is 8.22. The Hall–Kier alpha value is -2.71. The number of nitrogens with one attached hydrogen (secondary N) is 1. The van der Waals surface area contributed by atoms with E-state index < -0.39 is 11.5 Å². The topological polar surface area (TPSA) is 122 Å². The summed E-state index contributed by atoms with van der Waals surface area (Å²) in [7, 11) is 0. The minimum Gasteiger partial charge on any atom is -0.545 e. The van der Waals surface area contributed by atoms with E-state index in [1.807, 2.05) is 44.2 Å². The van der Waals surface area contributed by atoms with Crippen LogP contribution in [0.25, 0.3) is 0 Å². The van der Waals surface area contributed by atoms with Gasteiger partial charge in [0.25, 0.3) is 5.91 Å². The van der Waals surface area contributed by atoms with Crippen LogP contribution in [0.4, 0.5) is 0 Å². The number of pyridine rings is 1. The molecule has 1 atom stereocenters. The number of aromatic nitrogens is 1. The number of aliphatic imine (C=N–C) groups is 1. The van der Waals surface area contributed by atoms with Gasteiger partial charge in [0.05, 0.1) is 17.0 Å². The van der Waals surface area contributed by atoms with Crippen molar-refractivity contribution in [1.82, 2.24) is 10.3 Å². The van der Waals surface area contributed by atoms with E-state index in [9.17, 15) is 14.7 Å². The van der Waals surface area contributed by atoms with E-state index in [0.717, 1.165) is 5.56 Å². The molecule has 4 N–H and O–H groups in total. The van der Waals surface area contributed by atoms with Crippen LogP contribution in [0.3, 0.4) is 0 Å². The van der Waals surface area contributed by atoms with E-state index in [4.69, 9.17) is 0 Å². The highest BCUT2D eigenvalue weighted by atomic mass is 32.2. The van der Waals surface area contributed by atoms with Gasteiger partial charge in [0, 0.05) is 11.3 Å². The molecule has 2 heterocycles. The molecule has 31 heavy (non-hydrogen) atoms. The van der Waals surface area contributed by atoms with Crippen LogP contribution < -0.4 is 16.2 Å². The Morgan fingerprint density at radius 1 is 1.16 bits per heavy atom. The van der Waals surface area contributed by atoms with Crippen molar-refractivity contribution >= 4 is 29.5 Å². The quantitative estimate of drug-likeness (QED) is 0.659. The van der Waals surface area contributed by atoms with Gasteiger partial charge in [0.2, 0.25) is 0 Å². The fourth-order valence-corrected chi connectivity index (χ4v) is 3.47. The highest BCUT2D eigenvalue weighted by Gasteiger charge is 2.42. The number of benzene rings is 1. The zero-order valence-electron chi connectivity index (χ0n) is 18.6. The molecule has 0 aliphatic carbocycles. The molecule has 1 aliphatic rings. The van der Waals surface area contributed by atoms with Crippen molar-refractivity contribution in [2.45, 2.75) is 57.0 Å². The van der Waals surface area contributed by atoms with Crippen molar-refractivity contribution in [2.75, 3.05) is 0 Å². The number of aromatic carboxylic acids is 1. The third-order valence-corrected chi connectivity index (χ3v) is 5.70. The molecular formula is C23H30N4O3S. The van der Waals surface area contributed by atoms with Crippen LogP contribution in [0.1, 0.15) is 56.2 Å². The Bertz CT molecular complexity index is 958. The Labute approximate surface area is 187 Å². The molecule has 3 rings (SSSR count). The average Bonchev–Trinajstić information content (AvgIpc) is 3.02. The van der Waals surface area contributed by atoms with Gasteiger partial charge in [-0.1, -0.05) is 44.2 Å². The third-order valence-electron chi connectivity index (χ3n) is 4.70. The maximum absolute atomic E-state index is 12.4. The van der Waals surface area contributed by atoms with Crippen LogP contribution in [0.5, 0.6) is 0 Å². The van der Waals surface area contributed by atoms with Crippen molar-refractivity contribution in [1.29, 1.82) is 0 Å². The first kappa shape index (κ1) is 24.6. The number of nitrogens with zero attached hydrogens (tertiary/aromatic N) is 2. The first-order chi connectivity index (χ1) is 14.5. The van der Waals surface area contributed by atoms with Crippen LogP contribution in [0.15, 0.2) is 52.5 Å². The van der Waals surface area contributed by atoms with Crippen molar-refractivity contribution in [3.63, 3.8) is 0 Å². The van der Waals surface area contributed by atoms with Gasteiger partial charge in [-0.05, 0) is 44.4 Å². The van der Waals surface area contributed by atoms with Crippen molar-refractivity contribution in [3.8, 4) is 0 Å². The summed E-state index contributed by atoms with van der Waals surface area (Å²) in [5.41, 5.74) is 3.86. The van der Waals surface area contributed by atoms with Gasteiger partial charge in [-0.25, -0.2) is 9.98 Å². The van der Waals surface area contributed by atoms with Crippen LogP contribution in [-0.4, -0.2) is 34.3 Å². The second kappa shape index (κ2) is 10.5. The standard InChI is InChI=1S/C20H21N3O3S.C3H9N/c1-12(2)20(3)19(26)22-17(23-20)16-14(18(24)25)9-10-15(21-16)27-11-13-7-5-4-6-8-13;1-3(2)4/h4-10,12H,11H2,1-3H3,(H,24,25)(H,22,23,26);3H,4H2,1-2H3. The van der Waals surface area contributed by atoms with Gasteiger partial charge in [-0.15, -0.1) is 11.8 Å². The molecular weight excluding hydrogens is 412 g/mol. The SMILES string of the molecule is CC(C)C1(C)N=C(c2nc(SCc3ccccc3)ccc2C(=O)[O-])NC1=O.CC(C)[NH3+]. The molecule has 0 saturated heterocycles. The molecule has 8 heteroatoms. The third kappa shape index (κ3) is 6.38. The summed E-state index contributed by atoms with van der Waals surface area (Å²) in [6.07, 6.45) is 0. The Balaban J connectivity index is 0.000000785. The predicted octanol–water partition coefficient (Wildman–Crippen LogP) is 1.67. The number of amides is 1. The van der Waals surface area contributed by atoms with Crippen LogP contribution in [0, 0.1) is 5.92 Å². The monoisotopic (exact) mass is 442 g/mol. The molecule has 0 radical (unpaired) electrons. The smallest absolute Gasteiger partial charge is 0.253 e. The van der Waals surface area contributed by atoms with E-state index in [2.05, 4.69) is 34.9 Å². The maximum Gasteiger partial charge on any atom is 0.253 e. The van der Waals surface area contributed by atoms with Gasteiger partial charge in [-0.3, -0.25) is 4.79 Å². The zero-order valence-corrected chi connectivity index (χ0v) is 19.5. The Kier molecular flexibility index (Phi) is 8.36. The number of thioether (sulfide) groups is 1. The lowest BCUT2D eigenvalue weighted by Gasteiger charge is -2.21. The zero-order chi connectivity index (χ0) is 23.2. The minimum atomic E-state index is -1.35. The van der Waals surface area contributed by atoms with Gasteiger partial charge >= 0.3 is 0 Å². The van der Waals surface area contributed by atoms with E-state index in [0.29, 0.717) is 16.8 Å². The number of carbonyl (C=O) groups is 2. The number of quaternary nitrogens is 1. The van der Waals surface area contributed by atoms with E-state index in [-0.39, 0.29) is 28.9 Å². The summed E-state index contributed by atoms with van der Waals surface area (Å²) < 4.78 is 0. The van der Waals surface area contributed by atoms with E-state index in [1.54, 1.807) is 13.0 Å². The lowest BCUT2D eigenvalue weighted by atomic mass is 9.89. The minimum absolute atomic E-state index is 0.0444. The fraction of sp³-hybridized carbons (Fsp3) is 0.391. The average molecular weight is 443 g/mol. The number of carboxylic acids is 1. The molecule has 1 aliphatic heterocycles. The lowest BCUT2D eigenvalue weighted by Crippen LogP contribution is -2.57. The molecule has 0 bridgehead atoms. The molecule has 0 fully saturated rings. The summed E-state index contributed by atoms with van der Waals surface area (Å²) in [6, 6.07) is 13.6. The predicted molar refractivity (Wildman–Crippen MR) is 121 cm³/mol. The largest absolute Gasteiger partial charge is 0.545 e. The van der Waals surface area contributed by atoms with E-state index >= 15 is 0 Å². The summed E-state index contributed by atoms with van der Waals surface area (Å²) >= 11 is 1.48. The number of carboxylic acid groups (broad SMARTS) is 1. The van der Waals surface area contributed by atoms with Crippen LogP contribution >= 0.6 is 11.8 Å². The Morgan fingerprint density at radius 2 is 1.77 bits per heavy atom.